The minimum atomic E-state index is 0.949. The van der Waals surface area contributed by atoms with Gasteiger partial charge < -0.3 is 9.80 Å². The number of thioether (sulfide) groups is 1. The molecule has 2 nitrogen and oxygen atoms in total. The fourth-order valence-electron chi connectivity index (χ4n) is 6.35. The molecule has 7 rings (SSSR count). The molecule has 4 heteroatoms. The van der Waals surface area contributed by atoms with E-state index in [4.69, 9.17) is 0 Å². The summed E-state index contributed by atoms with van der Waals surface area (Å²) in [5, 5.41) is 2.67. The summed E-state index contributed by atoms with van der Waals surface area (Å²) in [5.74, 6) is 0. The fourth-order valence-corrected chi connectivity index (χ4v) is 8.68. The number of aryl methyl sites for hydroxylation is 1. The predicted octanol–water partition coefficient (Wildman–Crippen LogP) is 11.8. The lowest BCUT2D eigenvalue weighted by Gasteiger charge is -2.28. The molecule has 44 heavy (non-hydrogen) atoms. The van der Waals surface area contributed by atoms with E-state index in [0.29, 0.717) is 0 Å². The second-order valence-corrected chi connectivity index (χ2v) is 13.2. The van der Waals surface area contributed by atoms with Crippen LogP contribution < -0.4 is 9.80 Å². The Kier molecular flexibility index (Phi) is 8.28. The van der Waals surface area contributed by atoms with Crippen molar-refractivity contribution >= 4 is 56.3 Å². The lowest BCUT2D eigenvalue weighted by atomic mass is 10.1. The molecule has 0 bridgehead atoms. The fraction of sp³-hybridized carbons (Fsp3) is 0.150. The van der Waals surface area contributed by atoms with Gasteiger partial charge in [-0.15, -0.1) is 11.3 Å². The van der Waals surface area contributed by atoms with Crippen LogP contribution in [-0.2, 0) is 6.42 Å². The van der Waals surface area contributed by atoms with Crippen LogP contribution >= 0.6 is 23.1 Å². The summed E-state index contributed by atoms with van der Waals surface area (Å²) in [6.45, 7) is 5.45. The van der Waals surface area contributed by atoms with Crippen molar-refractivity contribution < 1.29 is 0 Å². The number of para-hydroxylation sites is 3. The Morgan fingerprint density at radius 1 is 0.727 bits per heavy atom. The average molecular weight is 609 g/mol. The number of rotatable bonds is 8. The van der Waals surface area contributed by atoms with Gasteiger partial charge in [-0.05, 0) is 103 Å². The third kappa shape index (κ3) is 5.45. The van der Waals surface area contributed by atoms with Crippen LogP contribution in [0.1, 0.15) is 37.1 Å². The smallest absolute Gasteiger partial charge is 0.0801 e. The van der Waals surface area contributed by atoms with Crippen LogP contribution in [0.5, 0.6) is 0 Å². The molecular formula is C40H36N2S2. The van der Waals surface area contributed by atoms with Gasteiger partial charge in [-0.25, -0.2) is 0 Å². The van der Waals surface area contributed by atoms with Crippen molar-refractivity contribution in [1.82, 2.24) is 0 Å². The summed E-state index contributed by atoms with van der Waals surface area (Å²) in [6.07, 6.45) is 12.5. The molecule has 1 aliphatic heterocycles. The molecule has 2 heterocycles. The number of anilines is 3. The van der Waals surface area contributed by atoms with Crippen LogP contribution in [-0.4, -0.2) is 6.54 Å². The molecule has 1 aromatic heterocycles. The quantitative estimate of drug-likeness (QED) is 0.173. The zero-order valence-corrected chi connectivity index (χ0v) is 26.9. The van der Waals surface area contributed by atoms with E-state index in [0.717, 1.165) is 25.8 Å². The van der Waals surface area contributed by atoms with E-state index < -0.39 is 0 Å². The molecule has 0 atom stereocenters. The summed E-state index contributed by atoms with van der Waals surface area (Å²) >= 11 is 3.77. The molecule has 0 saturated heterocycles. The molecule has 4 aromatic carbocycles. The monoisotopic (exact) mass is 608 g/mol. The van der Waals surface area contributed by atoms with E-state index in [9.17, 15) is 0 Å². The molecule has 0 saturated carbocycles. The molecule has 0 fully saturated rings. The van der Waals surface area contributed by atoms with Crippen LogP contribution in [0.25, 0.3) is 16.2 Å². The van der Waals surface area contributed by atoms with Crippen molar-refractivity contribution in [3.8, 4) is 0 Å². The van der Waals surface area contributed by atoms with Crippen LogP contribution in [0.2, 0.25) is 0 Å². The minimum Gasteiger partial charge on any atom is -0.335 e. The number of hydrogen-bond acceptors (Lipinski definition) is 4. The summed E-state index contributed by atoms with van der Waals surface area (Å²) in [5.41, 5.74) is 9.13. The second-order valence-electron chi connectivity index (χ2n) is 11.0. The van der Waals surface area contributed by atoms with E-state index in [1.54, 1.807) is 0 Å². The van der Waals surface area contributed by atoms with Crippen LogP contribution in [0.3, 0.4) is 0 Å². The number of hydrogen-bond donors (Lipinski definition) is 0. The highest BCUT2D eigenvalue weighted by Crippen LogP contribution is 2.47. The van der Waals surface area contributed by atoms with Gasteiger partial charge in [-0.3, -0.25) is 0 Å². The normalized spacial score (nSPS) is 16.6. The lowest BCUT2D eigenvalue weighted by molar-refractivity contribution is 1.000. The summed E-state index contributed by atoms with van der Waals surface area (Å²) in [4.78, 5) is 7.58. The Morgan fingerprint density at radius 3 is 2.14 bits per heavy atom. The molecule has 218 valence electrons. The van der Waals surface area contributed by atoms with Crippen molar-refractivity contribution in [2.75, 3.05) is 16.3 Å². The molecule has 0 unspecified atom stereocenters. The number of allylic oxidation sites excluding steroid dienone is 5. The lowest BCUT2D eigenvalue weighted by Crippen LogP contribution is -2.18. The minimum absolute atomic E-state index is 0.949. The first-order valence-corrected chi connectivity index (χ1v) is 17.2. The summed E-state index contributed by atoms with van der Waals surface area (Å²) in [7, 11) is 0. The van der Waals surface area contributed by atoms with Crippen molar-refractivity contribution in [1.29, 1.82) is 0 Å². The maximum absolute atomic E-state index is 2.46. The second kappa shape index (κ2) is 12.8. The van der Waals surface area contributed by atoms with Crippen LogP contribution in [0.15, 0.2) is 154 Å². The van der Waals surface area contributed by atoms with Gasteiger partial charge in [0.25, 0.3) is 0 Å². The highest BCUT2D eigenvalue weighted by molar-refractivity contribution is 8.03. The first kappa shape index (κ1) is 28.5. The van der Waals surface area contributed by atoms with Gasteiger partial charge in [-0.1, -0.05) is 97.6 Å². The summed E-state index contributed by atoms with van der Waals surface area (Å²) < 4.78 is 1.36. The van der Waals surface area contributed by atoms with Gasteiger partial charge in [-0.2, -0.15) is 0 Å². The van der Waals surface area contributed by atoms with E-state index in [1.807, 2.05) is 23.1 Å². The van der Waals surface area contributed by atoms with Gasteiger partial charge in [0.05, 0.1) is 16.4 Å². The zero-order valence-electron chi connectivity index (χ0n) is 25.2. The van der Waals surface area contributed by atoms with Crippen molar-refractivity contribution in [2.24, 2.45) is 0 Å². The van der Waals surface area contributed by atoms with Gasteiger partial charge in [0.2, 0.25) is 0 Å². The van der Waals surface area contributed by atoms with E-state index >= 15 is 0 Å². The molecular weight excluding hydrogens is 573 g/mol. The Balaban J connectivity index is 1.36. The standard InChI is InChI=1S/C40H36N2S2/c1-3-33-34-19-11-13-21-36(34)43-37(33)27-25-29-23-24-30(26-28-39-41(4-2)35-20-12-14-22-38(35)44-39)40(29)42(31-15-7-5-8-16-31)32-17-9-6-10-18-32/h5-22,25-28H,3-4,23-24H2,1-2H3/b27-25?,30-26+,39-28?. The van der Waals surface area contributed by atoms with E-state index in [1.165, 1.54) is 64.4 Å². The number of benzene rings is 4. The summed E-state index contributed by atoms with van der Waals surface area (Å²) in [6, 6.07) is 39.2. The molecule has 0 N–H and O–H groups in total. The molecule has 5 aromatic rings. The van der Waals surface area contributed by atoms with Crippen molar-refractivity contribution in [2.45, 2.75) is 38.0 Å². The van der Waals surface area contributed by atoms with E-state index in [2.05, 4.69) is 157 Å². The van der Waals surface area contributed by atoms with Gasteiger partial charge in [0.15, 0.2) is 0 Å². The highest BCUT2D eigenvalue weighted by atomic mass is 32.2. The molecule has 1 aliphatic carbocycles. The molecule has 2 aliphatic rings. The van der Waals surface area contributed by atoms with Gasteiger partial charge in [0, 0.05) is 32.4 Å². The molecule has 0 amide bonds. The maximum atomic E-state index is 2.46. The Hall–Kier alpha value is -4.25. The van der Waals surface area contributed by atoms with Crippen molar-refractivity contribution in [3.63, 3.8) is 0 Å². The Bertz CT molecular complexity index is 1870. The SMILES string of the molecule is CCc1c(C=CC2=C(N(c3ccccc3)c3ccccc3)/C(=C/C=C3Sc4ccccc4N3CC)CC2)sc2ccccc12. The van der Waals surface area contributed by atoms with Gasteiger partial charge >= 0.3 is 0 Å². The van der Waals surface area contributed by atoms with Gasteiger partial charge in [0.1, 0.15) is 0 Å². The topological polar surface area (TPSA) is 6.48 Å². The molecule has 0 radical (unpaired) electrons. The predicted molar refractivity (Wildman–Crippen MR) is 193 cm³/mol. The first-order valence-electron chi connectivity index (χ1n) is 15.5. The maximum Gasteiger partial charge on any atom is 0.0801 e. The van der Waals surface area contributed by atoms with Crippen LogP contribution in [0, 0.1) is 0 Å². The number of nitrogens with zero attached hydrogens (tertiary/aromatic N) is 2. The third-order valence-electron chi connectivity index (χ3n) is 8.42. The Morgan fingerprint density at radius 2 is 1.41 bits per heavy atom. The highest BCUT2D eigenvalue weighted by Gasteiger charge is 2.27. The molecule has 0 spiro atoms. The number of thiophene rings is 1. The average Bonchev–Trinajstić information content (AvgIpc) is 3.76. The third-order valence-corrected chi connectivity index (χ3v) is 10.7. The van der Waals surface area contributed by atoms with Crippen molar-refractivity contribution in [3.05, 3.63) is 160 Å². The largest absolute Gasteiger partial charge is 0.335 e. The zero-order chi connectivity index (χ0) is 29.9. The van der Waals surface area contributed by atoms with Crippen LogP contribution in [0.4, 0.5) is 17.1 Å². The Labute approximate surface area is 269 Å². The number of fused-ring (bicyclic) bond motifs is 2. The van der Waals surface area contributed by atoms with E-state index in [-0.39, 0.29) is 0 Å². The first-order chi connectivity index (χ1) is 21.7.